The van der Waals surface area contributed by atoms with Crippen LogP contribution in [0.25, 0.3) is 33.4 Å². The minimum Gasteiger partial charge on any atom is -0.478 e. The minimum atomic E-state index is -0.914. The van der Waals surface area contributed by atoms with Crippen LogP contribution in [0, 0.1) is 47.3 Å². The molecular weight excluding hydrogens is 653 g/mol. The van der Waals surface area contributed by atoms with Gasteiger partial charge < -0.3 is 14.8 Å². The molecule has 8 aliphatic rings. The second-order valence-corrected chi connectivity index (χ2v) is 18.6. The van der Waals surface area contributed by atoms with Gasteiger partial charge in [-0.2, -0.15) is 0 Å². The molecule has 7 aliphatic carbocycles. The zero-order chi connectivity index (χ0) is 35.5. The van der Waals surface area contributed by atoms with E-state index in [0.29, 0.717) is 17.6 Å². The predicted molar refractivity (Wildman–Crippen MR) is 213 cm³/mol. The van der Waals surface area contributed by atoms with E-state index in [1.807, 2.05) is 18.2 Å². The van der Waals surface area contributed by atoms with E-state index in [0.717, 1.165) is 91.8 Å². The molecule has 5 nitrogen and oxygen atoms in total. The first-order chi connectivity index (χ1) is 26.0. The van der Waals surface area contributed by atoms with E-state index in [9.17, 15) is 9.90 Å². The van der Waals surface area contributed by atoms with Crippen molar-refractivity contribution in [1.29, 1.82) is 0 Å². The molecule has 2 aromatic carbocycles. The van der Waals surface area contributed by atoms with Gasteiger partial charge in [-0.1, -0.05) is 69.6 Å². The second kappa shape index (κ2) is 14.2. The van der Waals surface area contributed by atoms with Crippen molar-refractivity contribution >= 4 is 22.6 Å². The molecule has 1 aliphatic heterocycles. The molecule has 5 heteroatoms. The van der Waals surface area contributed by atoms with Gasteiger partial charge in [0.1, 0.15) is 11.3 Å². The molecule has 0 bridgehead atoms. The van der Waals surface area contributed by atoms with E-state index in [4.69, 9.17) is 9.41 Å². The second-order valence-electron chi connectivity index (χ2n) is 18.6. The van der Waals surface area contributed by atoms with Crippen LogP contribution in [0.5, 0.6) is 0 Å². The molecule has 1 heterocycles. The number of carboxylic acid groups (broad SMARTS) is 1. The van der Waals surface area contributed by atoms with Crippen LogP contribution in [0.4, 0.5) is 5.69 Å². The normalized spacial score (nSPS) is 34.5. The summed E-state index contributed by atoms with van der Waals surface area (Å²) in [6.07, 6.45) is 25.0. The van der Waals surface area contributed by atoms with E-state index in [1.165, 1.54) is 116 Å². The van der Waals surface area contributed by atoms with Crippen molar-refractivity contribution in [3.05, 3.63) is 71.6 Å². The lowest BCUT2D eigenvalue weighted by atomic mass is 9.59. The van der Waals surface area contributed by atoms with Gasteiger partial charge in [0, 0.05) is 40.4 Å². The molecule has 2 aromatic rings. The molecule has 0 aromatic heterocycles. The summed E-state index contributed by atoms with van der Waals surface area (Å²) < 4.78 is 6.81. The number of carboxylic acids is 1. The van der Waals surface area contributed by atoms with Crippen LogP contribution in [0.2, 0.25) is 0 Å². The third-order valence-electron chi connectivity index (χ3n) is 15.6. The lowest BCUT2D eigenvalue weighted by Crippen LogP contribution is -2.40. The number of hydrogen-bond acceptors (Lipinski definition) is 4. The van der Waals surface area contributed by atoms with Crippen molar-refractivity contribution in [3.8, 4) is 22.5 Å². The van der Waals surface area contributed by atoms with Crippen LogP contribution in [-0.2, 0) is 0 Å². The number of anilines is 1. The van der Waals surface area contributed by atoms with Crippen molar-refractivity contribution in [2.75, 3.05) is 5.32 Å². The maximum absolute atomic E-state index is 12.5. The summed E-state index contributed by atoms with van der Waals surface area (Å²) >= 11 is 0. The molecule has 10 atom stereocenters. The number of rotatable bonds is 5. The van der Waals surface area contributed by atoms with Crippen LogP contribution in [0.1, 0.15) is 126 Å². The summed E-state index contributed by atoms with van der Waals surface area (Å²) in [7, 11) is 0. The van der Waals surface area contributed by atoms with Crippen LogP contribution >= 0.6 is 0 Å². The van der Waals surface area contributed by atoms with E-state index in [2.05, 4.69) is 41.7 Å². The number of carbonyl (C=O) groups is 1. The van der Waals surface area contributed by atoms with Crippen molar-refractivity contribution in [2.45, 2.75) is 128 Å². The zero-order valence-corrected chi connectivity index (χ0v) is 31.5. The van der Waals surface area contributed by atoms with Gasteiger partial charge in [-0.25, -0.2) is 4.79 Å². The number of fused-ring (bicyclic) bond motifs is 6. The van der Waals surface area contributed by atoms with Crippen molar-refractivity contribution in [3.63, 3.8) is 0 Å². The van der Waals surface area contributed by atoms with E-state index >= 15 is 0 Å². The summed E-state index contributed by atoms with van der Waals surface area (Å²) in [6, 6.07) is 21.1. The summed E-state index contributed by atoms with van der Waals surface area (Å²) in [5, 5.41) is 16.1. The highest BCUT2D eigenvalue weighted by Gasteiger charge is 2.42. The Morgan fingerprint density at radius 2 is 1.26 bits per heavy atom. The summed E-state index contributed by atoms with van der Waals surface area (Å²) in [6.45, 7) is 0. The molecule has 0 amide bonds. The molecule has 0 saturated heterocycles. The van der Waals surface area contributed by atoms with Crippen LogP contribution in [-0.4, -0.2) is 23.2 Å². The maximum Gasteiger partial charge on any atom is 0.336 e. The molecule has 278 valence electrons. The quantitative estimate of drug-likeness (QED) is 0.202. The summed E-state index contributed by atoms with van der Waals surface area (Å²) in [5.41, 5.74) is 4.78. The van der Waals surface area contributed by atoms with Crippen molar-refractivity contribution in [2.24, 2.45) is 52.3 Å². The Morgan fingerprint density at radius 1 is 0.623 bits per heavy atom. The largest absolute Gasteiger partial charge is 0.478 e. The van der Waals surface area contributed by atoms with Gasteiger partial charge in [0.05, 0.1) is 17.0 Å². The predicted octanol–water partition coefficient (Wildman–Crippen LogP) is 12.0. The highest BCUT2D eigenvalue weighted by molar-refractivity contribution is 6.07. The van der Waals surface area contributed by atoms with Gasteiger partial charge in [0.2, 0.25) is 0 Å². The fraction of sp³-hybridized carbons (Fsp3) is 0.583. The highest BCUT2D eigenvalue weighted by atomic mass is 16.4. The van der Waals surface area contributed by atoms with Gasteiger partial charge in [-0.15, -0.1) is 0 Å². The number of nitrogens with one attached hydrogen (secondary N) is 1. The zero-order valence-electron chi connectivity index (χ0n) is 31.5. The number of hydrogen-bond donors (Lipinski definition) is 2. The molecule has 0 radical (unpaired) electrons. The van der Waals surface area contributed by atoms with E-state index in [-0.39, 0.29) is 0 Å². The Hall–Kier alpha value is -3.60. The first-order valence-electron chi connectivity index (χ1n) is 21.7. The molecule has 0 spiro atoms. The van der Waals surface area contributed by atoms with Gasteiger partial charge in [0.15, 0.2) is 0 Å². The maximum atomic E-state index is 12.5. The van der Waals surface area contributed by atoms with Gasteiger partial charge >= 0.3 is 5.97 Å². The minimum absolute atomic E-state index is 0.311. The molecule has 2 N–H and O–H groups in total. The summed E-state index contributed by atoms with van der Waals surface area (Å²) in [5.74, 6) is 7.27. The average molecular weight is 711 g/mol. The average Bonchev–Trinajstić information content (AvgIpc) is 3.18. The lowest BCUT2D eigenvalue weighted by molar-refractivity contribution is 0.0464. The van der Waals surface area contributed by atoms with Gasteiger partial charge in [-0.3, -0.25) is 4.99 Å². The Kier molecular flexibility index (Phi) is 9.11. The van der Waals surface area contributed by atoms with Gasteiger partial charge in [0.25, 0.3) is 0 Å². The molecule has 6 fully saturated rings. The monoisotopic (exact) mass is 710 g/mol. The van der Waals surface area contributed by atoms with E-state index < -0.39 is 5.97 Å². The molecule has 6 saturated carbocycles. The molecule has 10 unspecified atom stereocenters. The fourth-order valence-electron chi connectivity index (χ4n) is 13.1. The first kappa shape index (κ1) is 33.9. The number of benzene rings is 3. The molecular formula is C48H58N2O3. The number of aromatic carboxylic acids is 1. The van der Waals surface area contributed by atoms with Crippen LogP contribution in [0.15, 0.2) is 70.1 Å². The Labute approximate surface area is 315 Å². The first-order valence-corrected chi connectivity index (χ1v) is 21.7. The lowest BCUT2D eigenvalue weighted by Gasteiger charge is -2.47. The molecule has 53 heavy (non-hydrogen) atoms. The summed E-state index contributed by atoms with van der Waals surface area (Å²) in [4.78, 5) is 17.9. The van der Waals surface area contributed by atoms with Crippen LogP contribution < -0.4 is 10.7 Å². The smallest absolute Gasteiger partial charge is 0.336 e. The molecule has 10 rings (SSSR count). The van der Waals surface area contributed by atoms with Crippen molar-refractivity contribution < 1.29 is 14.3 Å². The Balaban J connectivity index is 0.963. The van der Waals surface area contributed by atoms with Crippen molar-refractivity contribution in [1.82, 2.24) is 0 Å². The van der Waals surface area contributed by atoms with Crippen LogP contribution in [0.3, 0.4) is 0 Å². The Morgan fingerprint density at radius 3 is 1.98 bits per heavy atom. The topological polar surface area (TPSA) is 74.8 Å². The third kappa shape index (κ3) is 6.63. The van der Waals surface area contributed by atoms with E-state index in [1.54, 1.807) is 6.07 Å². The van der Waals surface area contributed by atoms with Gasteiger partial charge in [-0.05, 0) is 147 Å². The standard InChI is InChI=1S/C48H58N2O3/c51-48(52)42-12-6-5-11-41(42)47-43-19-17-39(49-37-15-13-33-21-29-7-1-3-9-31(29)23-35(33)25-37)27-45(43)53-46-28-40(18-20-44(46)47)50-38-16-14-34-22-30-8-2-4-10-32(30)24-36(34)26-38/h5-6,11-12,17-20,27-38,49H,1-4,7-10,13-16,21-26H2,(H,51,52). The SMILES string of the molecule is O=C(O)c1ccccc1-c1c2ccc(=NC3CCC4CC5CCCCC5CC4C3)cc-2oc2cc(NC3CCC4CC5CCCCC5CC4C3)ccc12. The number of nitrogens with zero attached hydrogens (tertiary/aromatic N) is 1. The highest BCUT2D eigenvalue weighted by Crippen LogP contribution is 2.52. The fourth-order valence-corrected chi connectivity index (χ4v) is 13.1. The Bertz CT molecular complexity index is 2010. The third-order valence-corrected chi connectivity index (χ3v) is 15.6.